The minimum absolute atomic E-state index is 0.155. The first-order valence-electron chi connectivity index (χ1n) is 8.49. The van der Waals surface area contributed by atoms with Crippen LogP contribution in [0.15, 0.2) is 54.6 Å². The van der Waals surface area contributed by atoms with Crippen LogP contribution in [0.1, 0.15) is 16.1 Å². The van der Waals surface area contributed by atoms with Crippen LogP contribution in [0.4, 0.5) is 8.78 Å². The predicted octanol–water partition coefficient (Wildman–Crippen LogP) is 4.44. The fourth-order valence-electron chi connectivity index (χ4n) is 3.10. The summed E-state index contributed by atoms with van der Waals surface area (Å²) < 4.78 is 33.9. The second-order valence-corrected chi connectivity index (χ2v) is 6.22. The van der Waals surface area contributed by atoms with Crippen molar-refractivity contribution in [3.63, 3.8) is 0 Å². The third kappa shape index (κ3) is 2.90. The lowest BCUT2D eigenvalue weighted by molar-refractivity contribution is 0.0603. The van der Waals surface area contributed by atoms with Gasteiger partial charge in [0.1, 0.15) is 17.2 Å². The molecule has 140 valence electrons. The molecule has 2 aromatic heterocycles. The number of hydrogen-bond donors (Lipinski definition) is 0. The molecule has 0 saturated heterocycles. The molecule has 0 unspecified atom stereocenters. The Morgan fingerprint density at radius 3 is 2.43 bits per heavy atom. The molecule has 0 aliphatic rings. The van der Waals surface area contributed by atoms with Gasteiger partial charge in [-0.3, -0.25) is 0 Å². The Bertz CT molecular complexity index is 1200. The van der Waals surface area contributed by atoms with Gasteiger partial charge in [-0.15, -0.1) is 5.10 Å². The van der Waals surface area contributed by atoms with E-state index in [9.17, 15) is 13.6 Å². The third-order valence-corrected chi connectivity index (χ3v) is 4.45. The zero-order valence-corrected chi connectivity index (χ0v) is 15.1. The van der Waals surface area contributed by atoms with Crippen LogP contribution in [0.25, 0.3) is 28.2 Å². The Labute approximate surface area is 159 Å². The van der Waals surface area contributed by atoms with Crippen LogP contribution in [-0.4, -0.2) is 27.7 Å². The molecule has 0 N–H and O–H groups in total. The summed E-state index contributed by atoms with van der Waals surface area (Å²) >= 11 is 0. The van der Waals surface area contributed by atoms with Gasteiger partial charge in [0.2, 0.25) is 0 Å². The minimum atomic E-state index is -0.614. The first kappa shape index (κ1) is 17.8. The fraction of sp³-hybridized carbons (Fsp3) is 0.0952. The van der Waals surface area contributed by atoms with Gasteiger partial charge in [0.05, 0.1) is 12.7 Å². The van der Waals surface area contributed by atoms with Crippen molar-refractivity contribution in [2.75, 3.05) is 7.11 Å². The highest BCUT2D eigenvalue weighted by Gasteiger charge is 2.23. The number of nitrogens with zero attached hydrogens (tertiary/aromatic N) is 3. The largest absolute Gasteiger partial charge is 0.465 e. The van der Waals surface area contributed by atoms with Gasteiger partial charge < -0.3 is 4.74 Å². The molecular formula is C21H15F2N3O2. The van der Waals surface area contributed by atoms with Crippen molar-refractivity contribution in [2.24, 2.45) is 0 Å². The van der Waals surface area contributed by atoms with Crippen LogP contribution >= 0.6 is 0 Å². The van der Waals surface area contributed by atoms with Crippen LogP contribution < -0.4 is 0 Å². The molecule has 0 bridgehead atoms. The van der Waals surface area contributed by atoms with Crippen molar-refractivity contribution in [2.45, 2.75) is 6.92 Å². The summed E-state index contributed by atoms with van der Waals surface area (Å²) in [4.78, 5) is 17.0. The van der Waals surface area contributed by atoms with Gasteiger partial charge in [-0.25, -0.2) is 23.1 Å². The maximum atomic E-state index is 14.2. The molecule has 0 atom stereocenters. The maximum absolute atomic E-state index is 14.2. The van der Waals surface area contributed by atoms with Gasteiger partial charge in [0, 0.05) is 11.3 Å². The van der Waals surface area contributed by atoms with E-state index in [0.29, 0.717) is 16.8 Å². The molecule has 0 amide bonds. The number of methoxy groups -OCH3 is 1. The number of halogens is 2. The highest BCUT2D eigenvalue weighted by molar-refractivity contribution is 6.03. The standard InChI is InChI=1S/C21H15F2N3O2/c1-12-11-16(13-7-9-14(22)10-8-13)18(21(27)28-2)20-24-19(25-26(12)20)15-5-3-4-6-17(15)23/h3-11H,1-2H3. The molecule has 2 heterocycles. The zero-order chi connectivity index (χ0) is 19.8. The van der Waals surface area contributed by atoms with Crippen LogP contribution in [-0.2, 0) is 4.74 Å². The van der Waals surface area contributed by atoms with E-state index in [1.54, 1.807) is 43.3 Å². The maximum Gasteiger partial charge on any atom is 0.342 e. The summed E-state index contributed by atoms with van der Waals surface area (Å²) in [5.41, 5.74) is 2.48. The average Bonchev–Trinajstić information content (AvgIpc) is 3.14. The molecule has 0 saturated carbocycles. The van der Waals surface area contributed by atoms with E-state index >= 15 is 0 Å². The molecule has 0 radical (unpaired) electrons. The molecule has 4 aromatic rings. The molecular weight excluding hydrogens is 364 g/mol. The summed E-state index contributed by atoms with van der Waals surface area (Å²) in [6.45, 7) is 1.79. The van der Waals surface area contributed by atoms with Gasteiger partial charge in [-0.2, -0.15) is 0 Å². The number of carbonyl (C=O) groups excluding carboxylic acids is 1. The fourth-order valence-corrected chi connectivity index (χ4v) is 3.10. The van der Waals surface area contributed by atoms with Crippen molar-refractivity contribution in [3.8, 4) is 22.5 Å². The van der Waals surface area contributed by atoms with E-state index in [1.807, 2.05) is 0 Å². The van der Waals surface area contributed by atoms with Crippen molar-refractivity contribution < 1.29 is 18.3 Å². The smallest absolute Gasteiger partial charge is 0.342 e. The summed E-state index contributed by atoms with van der Waals surface area (Å²) in [6, 6.07) is 13.6. The minimum Gasteiger partial charge on any atom is -0.465 e. The summed E-state index contributed by atoms with van der Waals surface area (Å²) in [7, 11) is 1.27. The Balaban J connectivity index is 2.03. The number of aryl methyl sites for hydroxylation is 1. The first-order valence-corrected chi connectivity index (χ1v) is 8.49. The SMILES string of the molecule is COC(=O)c1c(-c2ccc(F)cc2)cc(C)n2nc(-c3ccccc3F)nc12. The highest BCUT2D eigenvalue weighted by atomic mass is 19.1. The van der Waals surface area contributed by atoms with E-state index in [1.165, 1.54) is 29.8 Å². The summed E-state index contributed by atoms with van der Waals surface area (Å²) in [6.07, 6.45) is 0. The number of aromatic nitrogens is 3. The van der Waals surface area contributed by atoms with Gasteiger partial charge in [-0.1, -0.05) is 24.3 Å². The first-order chi connectivity index (χ1) is 13.5. The Morgan fingerprint density at radius 1 is 1.04 bits per heavy atom. The van der Waals surface area contributed by atoms with Crippen LogP contribution in [0.5, 0.6) is 0 Å². The number of esters is 1. The Hall–Kier alpha value is -3.61. The second kappa shape index (κ2) is 6.84. The molecule has 0 spiro atoms. The van der Waals surface area contributed by atoms with Gasteiger partial charge in [0.15, 0.2) is 11.5 Å². The quantitative estimate of drug-likeness (QED) is 0.494. The number of fused-ring (bicyclic) bond motifs is 1. The monoisotopic (exact) mass is 379 g/mol. The number of rotatable bonds is 3. The van der Waals surface area contributed by atoms with E-state index in [4.69, 9.17) is 4.74 Å². The molecule has 28 heavy (non-hydrogen) atoms. The summed E-state index contributed by atoms with van der Waals surface area (Å²) in [5.74, 6) is -1.31. The number of carbonyl (C=O) groups is 1. The lowest BCUT2D eigenvalue weighted by atomic mass is 10.00. The number of pyridine rings is 1. The van der Waals surface area contributed by atoms with Gasteiger partial charge in [-0.05, 0) is 42.8 Å². The topological polar surface area (TPSA) is 56.5 Å². The molecule has 0 aliphatic heterocycles. The molecule has 7 heteroatoms. The van der Waals surface area contributed by atoms with Crippen LogP contribution in [0.3, 0.4) is 0 Å². The van der Waals surface area contributed by atoms with Crippen molar-refractivity contribution in [1.82, 2.24) is 14.6 Å². The summed E-state index contributed by atoms with van der Waals surface area (Å²) in [5, 5.41) is 4.37. The lowest BCUT2D eigenvalue weighted by Crippen LogP contribution is -2.09. The molecule has 4 rings (SSSR count). The third-order valence-electron chi connectivity index (χ3n) is 4.45. The van der Waals surface area contributed by atoms with Crippen molar-refractivity contribution >= 4 is 11.6 Å². The molecule has 2 aromatic carbocycles. The number of benzene rings is 2. The number of hydrogen-bond acceptors (Lipinski definition) is 4. The van der Waals surface area contributed by atoms with Gasteiger partial charge in [0.25, 0.3) is 0 Å². The Kier molecular flexibility index (Phi) is 4.35. The molecule has 0 aliphatic carbocycles. The lowest BCUT2D eigenvalue weighted by Gasteiger charge is -2.11. The average molecular weight is 379 g/mol. The van der Waals surface area contributed by atoms with Gasteiger partial charge >= 0.3 is 5.97 Å². The Morgan fingerprint density at radius 2 is 1.75 bits per heavy atom. The van der Waals surface area contributed by atoms with E-state index in [2.05, 4.69) is 10.1 Å². The van der Waals surface area contributed by atoms with E-state index in [0.717, 1.165) is 0 Å². The van der Waals surface area contributed by atoms with Crippen LogP contribution in [0.2, 0.25) is 0 Å². The zero-order valence-electron chi connectivity index (χ0n) is 15.1. The van der Waals surface area contributed by atoms with Crippen molar-refractivity contribution in [3.05, 3.63) is 77.5 Å². The number of ether oxygens (including phenoxy) is 1. The van der Waals surface area contributed by atoms with E-state index < -0.39 is 11.8 Å². The predicted molar refractivity (Wildman–Crippen MR) is 99.9 cm³/mol. The molecule has 5 nitrogen and oxygen atoms in total. The normalized spacial score (nSPS) is 11.0. The van der Waals surface area contributed by atoms with Crippen molar-refractivity contribution in [1.29, 1.82) is 0 Å². The van der Waals surface area contributed by atoms with E-state index in [-0.39, 0.29) is 28.4 Å². The highest BCUT2D eigenvalue weighted by Crippen LogP contribution is 2.30. The molecule has 0 fully saturated rings. The second-order valence-electron chi connectivity index (χ2n) is 6.22. The van der Waals surface area contributed by atoms with Crippen LogP contribution in [0, 0.1) is 18.6 Å².